The minimum absolute atomic E-state index is 0.00992. The Kier molecular flexibility index (Phi) is 10.2. The molecular formula is C18H17F4N5O8. The Morgan fingerprint density at radius 2 is 1.46 bits per heavy atom. The van der Waals surface area contributed by atoms with Crippen LogP contribution in [0.1, 0.15) is 23.2 Å². The summed E-state index contributed by atoms with van der Waals surface area (Å²) in [4.78, 5) is 52.3. The summed E-state index contributed by atoms with van der Waals surface area (Å²) in [6.07, 6.45) is -1.38. The molecular weight excluding hydrogens is 490 g/mol. The zero-order valence-corrected chi connectivity index (χ0v) is 17.7. The van der Waals surface area contributed by atoms with Crippen LogP contribution in [0.15, 0.2) is 5.11 Å². The van der Waals surface area contributed by atoms with Crippen LogP contribution >= 0.6 is 0 Å². The van der Waals surface area contributed by atoms with Gasteiger partial charge in [0.25, 0.3) is 17.7 Å². The molecule has 1 saturated heterocycles. The minimum Gasteiger partial charge on any atom is -0.430 e. The van der Waals surface area contributed by atoms with Gasteiger partial charge in [0.05, 0.1) is 26.4 Å². The Morgan fingerprint density at radius 1 is 0.914 bits per heavy atom. The number of rotatable bonds is 12. The molecule has 0 aromatic heterocycles. The highest BCUT2D eigenvalue weighted by molar-refractivity contribution is 6.01. The lowest BCUT2D eigenvalue weighted by Gasteiger charge is -2.12. The first-order valence-electron chi connectivity index (χ1n) is 9.74. The number of nitrogens with one attached hydrogen (secondary N) is 1. The summed E-state index contributed by atoms with van der Waals surface area (Å²) in [5.74, 6) is -10.9. The second-order valence-corrected chi connectivity index (χ2v) is 6.42. The van der Waals surface area contributed by atoms with Crippen LogP contribution in [0, 0.1) is 23.3 Å². The topological polar surface area (TPSA) is 169 Å². The number of ether oxygens (including phenoxy) is 3. The van der Waals surface area contributed by atoms with Crippen LogP contribution < -0.4 is 5.32 Å². The molecule has 0 aliphatic carbocycles. The quantitative estimate of drug-likeness (QED) is 0.0656. The minimum atomic E-state index is -2.03. The summed E-state index contributed by atoms with van der Waals surface area (Å²) < 4.78 is 70.0. The van der Waals surface area contributed by atoms with Gasteiger partial charge in [-0.3, -0.25) is 19.2 Å². The number of amides is 3. The second kappa shape index (κ2) is 13.1. The van der Waals surface area contributed by atoms with E-state index in [2.05, 4.69) is 19.6 Å². The van der Waals surface area contributed by atoms with Gasteiger partial charge in [-0.2, -0.15) is 0 Å². The average Bonchev–Trinajstić information content (AvgIpc) is 3.13. The molecule has 17 heteroatoms. The summed E-state index contributed by atoms with van der Waals surface area (Å²) in [6.45, 7) is -0.796. The van der Waals surface area contributed by atoms with Crippen molar-refractivity contribution in [1.82, 2.24) is 10.4 Å². The van der Waals surface area contributed by atoms with Crippen LogP contribution in [-0.4, -0.2) is 68.5 Å². The van der Waals surface area contributed by atoms with Gasteiger partial charge in [0.1, 0.15) is 17.9 Å². The molecule has 2 rings (SSSR count). The number of carbonyl (C=O) groups is 4. The van der Waals surface area contributed by atoms with Gasteiger partial charge >= 0.3 is 6.16 Å². The maximum Gasteiger partial charge on any atom is 0.534 e. The van der Waals surface area contributed by atoms with Gasteiger partial charge in [0.2, 0.25) is 0 Å². The lowest BCUT2D eigenvalue weighted by Crippen LogP contribution is -2.32. The largest absolute Gasteiger partial charge is 0.534 e. The van der Waals surface area contributed by atoms with Crippen LogP contribution in [-0.2, 0) is 28.6 Å². The van der Waals surface area contributed by atoms with Crippen molar-refractivity contribution in [3.05, 3.63) is 39.3 Å². The van der Waals surface area contributed by atoms with Crippen molar-refractivity contribution in [2.24, 2.45) is 5.11 Å². The predicted octanol–water partition coefficient (Wildman–Crippen LogP) is 2.17. The molecule has 3 amide bonds. The highest BCUT2D eigenvalue weighted by Crippen LogP contribution is 2.30. The number of halogens is 4. The van der Waals surface area contributed by atoms with Crippen molar-refractivity contribution in [2.75, 3.05) is 39.6 Å². The van der Waals surface area contributed by atoms with Crippen LogP contribution in [0.5, 0.6) is 0 Å². The van der Waals surface area contributed by atoms with Crippen molar-refractivity contribution in [2.45, 2.75) is 12.8 Å². The molecule has 1 fully saturated rings. The molecule has 0 unspecified atom stereocenters. The third-order valence-electron chi connectivity index (χ3n) is 4.14. The van der Waals surface area contributed by atoms with Crippen molar-refractivity contribution in [1.29, 1.82) is 0 Å². The maximum atomic E-state index is 13.9. The third-order valence-corrected chi connectivity index (χ3v) is 4.14. The molecule has 0 atom stereocenters. The number of hydroxylamine groups is 2. The highest BCUT2D eigenvalue weighted by Gasteiger charge is 2.33. The van der Waals surface area contributed by atoms with Gasteiger partial charge in [0, 0.05) is 24.3 Å². The fourth-order valence-electron chi connectivity index (χ4n) is 2.54. The Bertz CT molecular complexity index is 1010. The van der Waals surface area contributed by atoms with Crippen LogP contribution in [0.2, 0.25) is 0 Å². The normalized spacial score (nSPS) is 13.0. The van der Waals surface area contributed by atoms with Crippen LogP contribution in [0.4, 0.5) is 28.0 Å². The lowest BCUT2D eigenvalue weighted by atomic mass is 10.1. The highest BCUT2D eigenvalue weighted by atomic mass is 19.2. The molecule has 0 spiro atoms. The Labute approximate surface area is 193 Å². The fraction of sp³-hybridized carbons (Fsp3) is 0.444. The van der Waals surface area contributed by atoms with Gasteiger partial charge < -0.3 is 19.5 Å². The number of nitrogens with zero attached hydrogens (tertiary/aromatic N) is 4. The lowest BCUT2D eigenvalue weighted by molar-refractivity contribution is -0.177. The number of imide groups is 1. The van der Waals surface area contributed by atoms with Crippen molar-refractivity contribution < 1.29 is 55.8 Å². The van der Waals surface area contributed by atoms with E-state index in [-0.39, 0.29) is 52.4 Å². The van der Waals surface area contributed by atoms with E-state index in [9.17, 15) is 36.7 Å². The molecule has 1 heterocycles. The zero-order valence-electron chi connectivity index (χ0n) is 17.7. The standard InChI is InChI=1S/C18H17F4N5O8/c19-12-11(13(20)15(22)16(14(12)21)25-26-23)17(30)24-3-4-32-5-6-33-7-8-34-18(31)35-27-9(28)1-2-10(27)29/h1-8H2,(H,24,30). The van der Waals surface area contributed by atoms with E-state index in [4.69, 9.17) is 15.0 Å². The van der Waals surface area contributed by atoms with Gasteiger partial charge in [-0.25, -0.2) is 22.4 Å². The fourth-order valence-corrected chi connectivity index (χ4v) is 2.54. The van der Waals surface area contributed by atoms with Crippen molar-refractivity contribution in [3.8, 4) is 0 Å². The average molecular weight is 507 g/mol. The van der Waals surface area contributed by atoms with Gasteiger partial charge in [0.15, 0.2) is 23.3 Å². The van der Waals surface area contributed by atoms with E-state index in [1.54, 1.807) is 0 Å². The molecule has 1 aromatic rings. The predicted molar refractivity (Wildman–Crippen MR) is 103 cm³/mol. The summed E-state index contributed by atoms with van der Waals surface area (Å²) >= 11 is 0. The molecule has 1 aromatic carbocycles. The number of hydrogen-bond acceptors (Lipinski definition) is 9. The van der Waals surface area contributed by atoms with Crippen LogP contribution in [0.25, 0.3) is 10.4 Å². The van der Waals surface area contributed by atoms with E-state index in [1.165, 1.54) is 0 Å². The van der Waals surface area contributed by atoms with E-state index in [1.807, 2.05) is 5.32 Å². The summed E-state index contributed by atoms with van der Waals surface area (Å²) in [5, 5.41) is 4.84. The molecule has 13 nitrogen and oxygen atoms in total. The monoisotopic (exact) mass is 507 g/mol. The number of azide groups is 1. The van der Waals surface area contributed by atoms with Gasteiger partial charge in [-0.1, -0.05) is 10.2 Å². The maximum absolute atomic E-state index is 13.9. The first kappa shape index (κ1) is 27.3. The van der Waals surface area contributed by atoms with Gasteiger partial charge in [-0.15, -0.1) is 0 Å². The summed E-state index contributed by atoms with van der Waals surface area (Å²) in [7, 11) is 0. The molecule has 1 aliphatic heterocycles. The molecule has 190 valence electrons. The molecule has 1 aliphatic rings. The molecule has 0 radical (unpaired) electrons. The molecule has 0 bridgehead atoms. The van der Waals surface area contributed by atoms with E-state index in [0.717, 1.165) is 0 Å². The summed E-state index contributed by atoms with van der Waals surface area (Å²) in [5.41, 5.74) is 5.12. The van der Waals surface area contributed by atoms with Crippen LogP contribution in [0.3, 0.4) is 0 Å². The van der Waals surface area contributed by atoms with Crippen molar-refractivity contribution in [3.63, 3.8) is 0 Å². The Hall–Kier alpha value is -3.95. The Balaban J connectivity index is 1.60. The smallest absolute Gasteiger partial charge is 0.430 e. The SMILES string of the molecule is [N-]=[N+]=Nc1c(F)c(F)c(C(=O)NCCOCCOCCOC(=O)ON2C(=O)CCC2=O)c(F)c1F. The number of hydrogen-bond donors (Lipinski definition) is 1. The number of carbonyl (C=O) groups excluding carboxylic acids is 4. The second-order valence-electron chi connectivity index (χ2n) is 6.42. The molecule has 0 saturated carbocycles. The van der Waals surface area contributed by atoms with E-state index < -0.39 is 58.4 Å². The molecule has 1 N–H and O–H groups in total. The summed E-state index contributed by atoms with van der Waals surface area (Å²) in [6, 6.07) is 0. The zero-order chi connectivity index (χ0) is 26.0. The van der Waals surface area contributed by atoms with E-state index >= 15 is 0 Å². The van der Waals surface area contributed by atoms with E-state index in [0.29, 0.717) is 5.06 Å². The Morgan fingerprint density at radius 3 is 2.03 bits per heavy atom. The van der Waals surface area contributed by atoms with Gasteiger partial charge in [-0.05, 0) is 5.53 Å². The first-order valence-corrected chi connectivity index (χ1v) is 9.74. The molecule has 35 heavy (non-hydrogen) atoms. The first-order chi connectivity index (χ1) is 16.7. The number of benzene rings is 1. The third kappa shape index (κ3) is 7.26. The van der Waals surface area contributed by atoms with Crippen molar-refractivity contribution >= 4 is 29.6 Å².